The first-order valence-corrected chi connectivity index (χ1v) is 14.8. The molecule has 0 saturated carbocycles. The predicted molar refractivity (Wildman–Crippen MR) is 132 cm³/mol. The number of rotatable bonds is 8. The molecule has 196 valence electrons. The average Bonchev–Trinajstić information content (AvgIpc) is 3.42. The highest BCUT2D eigenvalue weighted by Crippen LogP contribution is 2.34. The molecule has 2 aromatic carbocycles. The highest BCUT2D eigenvalue weighted by atomic mass is 32.2. The van der Waals surface area contributed by atoms with Crippen molar-refractivity contribution < 1.29 is 35.8 Å². The minimum atomic E-state index is -4.08. The van der Waals surface area contributed by atoms with Gasteiger partial charge in [-0.3, -0.25) is 4.72 Å². The zero-order chi connectivity index (χ0) is 25.2. The molecule has 2 fully saturated rings. The molecule has 5 rings (SSSR count). The topological polar surface area (TPSA) is 132 Å². The van der Waals surface area contributed by atoms with Gasteiger partial charge in [0.15, 0.2) is 11.5 Å². The van der Waals surface area contributed by atoms with E-state index in [1.165, 1.54) is 28.6 Å². The van der Waals surface area contributed by atoms with Crippen LogP contribution in [-0.4, -0.2) is 79.9 Å². The van der Waals surface area contributed by atoms with Crippen molar-refractivity contribution in [3.05, 3.63) is 36.4 Å². The Morgan fingerprint density at radius 3 is 2.33 bits per heavy atom. The highest BCUT2D eigenvalue weighted by Gasteiger charge is 2.28. The van der Waals surface area contributed by atoms with Crippen LogP contribution in [0.3, 0.4) is 0 Å². The van der Waals surface area contributed by atoms with E-state index in [2.05, 4.69) is 10.0 Å². The van der Waals surface area contributed by atoms with Gasteiger partial charge in [-0.15, -0.1) is 0 Å². The van der Waals surface area contributed by atoms with Crippen LogP contribution < -0.4 is 19.5 Å². The molecule has 3 aliphatic heterocycles. The Balaban J connectivity index is 1.46. The quantitative estimate of drug-likeness (QED) is 0.516. The lowest BCUT2D eigenvalue weighted by Crippen LogP contribution is -2.40. The van der Waals surface area contributed by atoms with Gasteiger partial charge in [0.2, 0.25) is 10.0 Å². The minimum Gasteiger partial charge on any atom is -0.486 e. The van der Waals surface area contributed by atoms with Crippen LogP contribution in [0.4, 0.5) is 11.4 Å². The number of morpholine rings is 1. The van der Waals surface area contributed by atoms with E-state index in [-0.39, 0.29) is 34.7 Å². The molecule has 11 nitrogen and oxygen atoms in total. The summed E-state index contributed by atoms with van der Waals surface area (Å²) in [5, 5.41) is 3.21. The lowest BCUT2D eigenvalue weighted by atomic mass is 10.2. The molecule has 0 amide bonds. The molecular formula is C23H29N3O8S2. The SMILES string of the molecule is O=S(=O)(Nc1cc(S(=O)(=O)N2CCOCC2)ccc1NCC1CCCO1)c1ccc2c(c1)OCCO2. The van der Waals surface area contributed by atoms with E-state index in [9.17, 15) is 16.8 Å². The van der Waals surface area contributed by atoms with E-state index in [0.29, 0.717) is 56.8 Å². The maximum atomic E-state index is 13.3. The molecule has 2 N–H and O–H groups in total. The molecule has 3 aliphatic rings. The molecule has 0 radical (unpaired) electrons. The minimum absolute atomic E-state index is 0.00371. The van der Waals surface area contributed by atoms with Gasteiger partial charge in [-0.05, 0) is 43.2 Å². The van der Waals surface area contributed by atoms with Crippen molar-refractivity contribution >= 4 is 31.4 Å². The summed E-state index contributed by atoms with van der Waals surface area (Å²) in [5.41, 5.74) is 0.574. The first kappa shape index (κ1) is 25.1. The van der Waals surface area contributed by atoms with Gasteiger partial charge in [0.1, 0.15) is 13.2 Å². The van der Waals surface area contributed by atoms with Crippen LogP contribution in [-0.2, 0) is 29.5 Å². The number of nitrogens with one attached hydrogen (secondary N) is 2. The average molecular weight is 540 g/mol. The number of nitrogens with zero attached hydrogens (tertiary/aromatic N) is 1. The van der Waals surface area contributed by atoms with Crippen molar-refractivity contribution in [3.63, 3.8) is 0 Å². The molecule has 0 spiro atoms. The summed E-state index contributed by atoms with van der Waals surface area (Å²) in [6.45, 7) is 2.96. The van der Waals surface area contributed by atoms with Gasteiger partial charge in [0.05, 0.1) is 40.5 Å². The summed E-state index contributed by atoms with van der Waals surface area (Å²) in [4.78, 5) is -0.0368. The number of sulfonamides is 2. The van der Waals surface area contributed by atoms with Gasteiger partial charge in [-0.2, -0.15) is 4.31 Å². The Morgan fingerprint density at radius 1 is 0.833 bits per heavy atom. The molecule has 3 heterocycles. The van der Waals surface area contributed by atoms with Crippen LogP contribution >= 0.6 is 0 Å². The summed E-state index contributed by atoms with van der Waals surface area (Å²) < 4.78 is 79.0. The number of fused-ring (bicyclic) bond motifs is 1. The zero-order valence-electron chi connectivity index (χ0n) is 19.6. The van der Waals surface area contributed by atoms with Crippen molar-refractivity contribution in [1.82, 2.24) is 4.31 Å². The van der Waals surface area contributed by atoms with Gasteiger partial charge < -0.3 is 24.3 Å². The molecule has 0 bridgehead atoms. The molecule has 2 saturated heterocycles. The summed E-state index contributed by atoms with van der Waals surface area (Å²) in [6.07, 6.45) is 1.87. The Hall–Kier alpha value is -2.58. The van der Waals surface area contributed by atoms with Crippen molar-refractivity contribution in [2.45, 2.75) is 28.7 Å². The summed E-state index contributed by atoms with van der Waals surface area (Å²) in [6, 6.07) is 8.75. The van der Waals surface area contributed by atoms with Crippen LogP contribution in [0.15, 0.2) is 46.2 Å². The fourth-order valence-corrected chi connectivity index (χ4v) is 6.80. The molecule has 2 aromatic rings. The highest BCUT2D eigenvalue weighted by molar-refractivity contribution is 7.92. The van der Waals surface area contributed by atoms with Gasteiger partial charge in [-0.1, -0.05) is 0 Å². The van der Waals surface area contributed by atoms with Crippen molar-refractivity contribution in [2.24, 2.45) is 0 Å². The maximum Gasteiger partial charge on any atom is 0.262 e. The molecule has 0 aliphatic carbocycles. The Bertz CT molecular complexity index is 1300. The lowest BCUT2D eigenvalue weighted by molar-refractivity contribution is 0.0730. The van der Waals surface area contributed by atoms with Crippen molar-refractivity contribution in [3.8, 4) is 11.5 Å². The van der Waals surface area contributed by atoms with E-state index >= 15 is 0 Å². The molecule has 1 unspecified atom stereocenters. The smallest absolute Gasteiger partial charge is 0.262 e. The summed E-state index contributed by atoms with van der Waals surface area (Å²) in [7, 11) is -7.91. The van der Waals surface area contributed by atoms with Crippen molar-refractivity contribution in [2.75, 3.05) is 62.7 Å². The van der Waals surface area contributed by atoms with Crippen LogP contribution in [0.2, 0.25) is 0 Å². The van der Waals surface area contributed by atoms with Crippen LogP contribution in [0.25, 0.3) is 0 Å². The number of anilines is 2. The lowest BCUT2D eigenvalue weighted by Gasteiger charge is -2.26. The molecule has 13 heteroatoms. The first-order valence-electron chi connectivity index (χ1n) is 11.8. The second kappa shape index (κ2) is 10.4. The molecule has 1 atom stereocenters. The summed E-state index contributed by atoms with van der Waals surface area (Å²) in [5.74, 6) is 0.808. The number of hydrogen-bond acceptors (Lipinski definition) is 9. The molecule has 0 aromatic heterocycles. The van der Waals surface area contributed by atoms with Gasteiger partial charge in [-0.25, -0.2) is 16.8 Å². The van der Waals surface area contributed by atoms with Crippen LogP contribution in [0.1, 0.15) is 12.8 Å². The number of ether oxygens (including phenoxy) is 4. The van der Waals surface area contributed by atoms with Crippen LogP contribution in [0.5, 0.6) is 11.5 Å². The van der Waals surface area contributed by atoms with E-state index in [4.69, 9.17) is 18.9 Å². The van der Waals surface area contributed by atoms with Crippen LogP contribution in [0, 0.1) is 0 Å². The third-order valence-electron chi connectivity index (χ3n) is 6.21. The first-order chi connectivity index (χ1) is 17.3. The summed E-state index contributed by atoms with van der Waals surface area (Å²) >= 11 is 0. The van der Waals surface area contributed by atoms with Crippen molar-refractivity contribution in [1.29, 1.82) is 0 Å². The Morgan fingerprint density at radius 2 is 1.58 bits per heavy atom. The molecular weight excluding hydrogens is 510 g/mol. The monoisotopic (exact) mass is 539 g/mol. The second-order valence-electron chi connectivity index (χ2n) is 8.65. The Labute approximate surface area is 210 Å². The fourth-order valence-electron chi connectivity index (χ4n) is 4.28. The van der Waals surface area contributed by atoms with E-state index in [0.717, 1.165) is 12.8 Å². The third kappa shape index (κ3) is 5.39. The maximum absolute atomic E-state index is 13.3. The second-order valence-corrected chi connectivity index (χ2v) is 12.3. The standard InChI is InChI=1S/C23H29N3O8S2/c27-35(28,18-4-6-22-23(15-18)34-13-12-33-22)25-21-14-19(36(29,30)26-7-10-31-11-8-26)3-5-20(21)24-16-17-2-1-9-32-17/h3-6,14-15,17,24-25H,1-2,7-13,16H2. The van der Waals surface area contributed by atoms with Gasteiger partial charge >= 0.3 is 0 Å². The number of benzene rings is 2. The molecule has 36 heavy (non-hydrogen) atoms. The van der Waals surface area contributed by atoms with Gasteiger partial charge in [0.25, 0.3) is 10.0 Å². The van der Waals surface area contributed by atoms with E-state index in [1.54, 1.807) is 12.1 Å². The largest absolute Gasteiger partial charge is 0.486 e. The van der Waals surface area contributed by atoms with E-state index in [1.807, 2.05) is 0 Å². The van der Waals surface area contributed by atoms with E-state index < -0.39 is 20.0 Å². The normalized spacial score (nSPS) is 20.7. The Kier molecular flexibility index (Phi) is 7.26. The predicted octanol–water partition coefficient (Wildman–Crippen LogP) is 1.87. The number of hydrogen-bond donors (Lipinski definition) is 2. The third-order valence-corrected chi connectivity index (χ3v) is 9.47. The zero-order valence-corrected chi connectivity index (χ0v) is 21.3. The van der Waals surface area contributed by atoms with Gasteiger partial charge in [0, 0.05) is 32.3 Å². The fraction of sp³-hybridized carbons (Fsp3) is 0.478.